The van der Waals surface area contributed by atoms with Crippen molar-refractivity contribution in [2.75, 3.05) is 11.4 Å². The molecule has 1 aliphatic heterocycles. The van der Waals surface area contributed by atoms with Gasteiger partial charge in [0.25, 0.3) is 0 Å². The second-order valence-electron chi connectivity index (χ2n) is 5.98. The molecule has 0 aromatic carbocycles. The number of rotatable bonds is 1. The van der Waals surface area contributed by atoms with Gasteiger partial charge in [0.15, 0.2) is 5.82 Å². The largest absolute Gasteiger partial charge is 0.347 e. The molecule has 0 radical (unpaired) electrons. The van der Waals surface area contributed by atoms with Crippen molar-refractivity contribution >= 4 is 21.7 Å². The fourth-order valence-corrected chi connectivity index (χ4v) is 2.54. The molecular formula is C13H17BrN6. The standard InChI is InChI=1S/C13H17BrN6/c1-13(2,3)12-16-9(14)6-10(17-12)19-4-5-20-8-15-18-11(20)7-19/h6,8H,4-5,7H2,1-3H3. The molecule has 0 unspecified atom stereocenters. The van der Waals surface area contributed by atoms with Crippen LogP contribution in [0.3, 0.4) is 0 Å². The smallest absolute Gasteiger partial charge is 0.152 e. The lowest BCUT2D eigenvalue weighted by atomic mass is 9.96. The summed E-state index contributed by atoms with van der Waals surface area (Å²) in [6.45, 7) is 8.86. The fourth-order valence-electron chi connectivity index (χ4n) is 2.17. The van der Waals surface area contributed by atoms with Crippen LogP contribution in [0.1, 0.15) is 32.4 Å². The van der Waals surface area contributed by atoms with E-state index in [0.717, 1.165) is 41.7 Å². The van der Waals surface area contributed by atoms with E-state index in [2.05, 4.69) is 61.3 Å². The van der Waals surface area contributed by atoms with E-state index < -0.39 is 0 Å². The van der Waals surface area contributed by atoms with Crippen molar-refractivity contribution in [1.82, 2.24) is 24.7 Å². The van der Waals surface area contributed by atoms with E-state index in [1.54, 1.807) is 6.33 Å². The summed E-state index contributed by atoms with van der Waals surface area (Å²) in [7, 11) is 0. The molecule has 0 N–H and O–H groups in total. The van der Waals surface area contributed by atoms with Gasteiger partial charge in [-0.1, -0.05) is 20.8 Å². The van der Waals surface area contributed by atoms with Crippen molar-refractivity contribution in [2.45, 2.75) is 39.3 Å². The van der Waals surface area contributed by atoms with E-state index >= 15 is 0 Å². The van der Waals surface area contributed by atoms with Crippen LogP contribution in [0, 0.1) is 0 Å². The minimum absolute atomic E-state index is 0.0751. The molecule has 7 heteroatoms. The zero-order chi connectivity index (χ0) is 14.3. The van der Waals surface area contributed by atoms with Gasteiger partial charge in [0, 0.05) is 24.6 Å². The normalized spacial score (nSPS) is 15.3. The Morgan fingerprint density at radius 1 is 1.20 bits per heavy atom. The quantitative estimate of drug-likeness (QED) is 0.747. The zero-order valence-corrected chi connectivity index (χ0v) is 13.4. The number of hydrogen-bond acceptors (Lipinski definition) is 5. The Bertz CT molecular complexity index is 630. The molecule has 0 aliphatic carbocycles. The van der Waals surface area contributed by atoms with E-state index in [1.165, 1.54) is 0 Å². The van der Waals surface area contributed by atoms with Crippen LogP contribution in [0.2, 0.25) is 0 Å². The third-order valence-corrected chi connectivity index (χ3v) is 3.72. The highest BCUT2D eigenvalue weighted by molar-refractivity contribution is 9.10. The molecule has 3 rings (SSSR count). The second kappa shape index (κ2) is 4.80. The summed E-state index contributed by atoms with van der Waals surface area (Å²) in [5.41, 5.74) is -0.0751. The molecule has 0 spiro atoms. The minimum atomic E-state index is -0.0751. The topological polar surface area (TPSA) is 59.7 Å². The van der Waals surface area contributed by atoms with E-state index in [9.17, 15) is 0 Å². The van der Waals surface area contributed by atoms with Crippen molar-refractivity contribution in [3.05, 3.63) is 28.6 Å². The molecule has 0 amide bonds. The van der Waals surface area contributed by atoms with Crippen molar-refractivity contribution in [2.24, 2.45) is 0 Å². The Morgan fingerprint density at radius 3 is 2.75 bits per heavy atom. The third-order valence-electron chi connectivity index (χ3n) is 3.32. The Hall–Kier alpha value is -1.50. The lowest BCUT2D eigenvalue weighted by Gasteiger charge is -2.29. The maximum absolute atomic E-state index is 4.71. The Kier molecular flexibility index (Phi) is 3.24. The molecule has 0 bridgehead atoms. The van der Waals surface area contributed by atoms with Gasteiger partial charge < -0.3 is 9.47 Å². The molecule has 0 atom stereocenters. The number of halogens is 1. The molecule has 6 nitrogen and oxygen atoms in total. The predicted octanol–water partition coefficient (Wildman–Crippen LogP) is 2.15. The second-order valence-corrected chi connectivity index (χ2v) is 6.80. The summed E-state index contributed by atoms with van der Waals surface area (Å²) in [5, 5.41) is 8.09. The molecule has 20 heavy (non-hydrogen) atoms. The van der Waals surface area contributed by atoms with Crippen molar-refractivity contribution < 1.29 is 0 Å². The van der Waals surface area contributed by atoms with Gasteiger partial charge in [-0.2, -0.15) is 0 Å². The maximum atomic E-state index is 4.71. The SMILES string of the molecule is CC(C)(C)c1nc(Br)cc(N2CCn3cnnc3C2)n1. The molecule has 0 fully saturated rings. The maximum Gasteiger partial charge on any atom is 0.152 e. The predicted molar refractivity (Wildman–Crippen MR) is 79.5 cm³/mol. The first-order valence-electron chi connectivity index (χ1n) is 6.60. The van der Waals surface area contributed by atoms with E-state index in [0.29, 0.717) is 0 Å². The van der Waals surface area contributed by atoms with Crippen LogP contribution >= 0.6 is 15.9 Å². The summed E-state index contributed by atoms with van der Waals surface area (Å²) >= 11 is 3.49. The van der Waals surface area contributed by atoms with E-state index in [1.807, 2.05) is 6.07 Å². The third kappa shape index (κ3) is 2.54. The summed E-state index contributed by atoms with van der Waals surface area (Å²) in [4.78, 5) is 11.4. The van der Waals surface area contributed by atoms with Gasteiger partial charge in [-0.3, -0.25) is 0 Å². The first-order valence-corrected chi connectivity index (χ1v) is 7.39. The Labute approximate surface area is 126 Å². The van der Waals surface area contributed by atoms with Crippen LogP contribution in [0.15, 0.2) is 17.0 Å². The monoisotopic (exact) mass is 336 g/mol. The van der Waals surface area contributed by atoms with Crippen LogP contribution in [-0.2, 0) is 18.5 Å². The van der Waals surface area contributed by atoms with Crippen LogP contribution in [-0.4, -0.2) is 31.3 Å². The van der Waals surface area contributed by atoms with Crippen LogP contribution < -0.4 is 4.90 Å². The number of anilines is 1. The summed E-state index contributed by atoms with van der Waals surface area (Å²) < 4.78 is 2.90. The van der Waals surface area contributed by atoms with Crippen molar-refractivity contribution in [1.29, 1.82) is 0 Å². The lowest BCUT2D eigenvalue weighted by Crippen LogP contribution is -2.34. The molecule has 0 saturated heterocycles. The molecule has 0 saturated carbocycles. The molecule has 2 aromatic rings. The highest BCUT2D eigenvalue weighted by Gasteiger charge is 2.23. The highest BCUT2D eigenvalue weighted by Crippen LogP contribution is 2.25. The number of aromatic nitrogens is 5. The number of nitrogens with zero attached hydrogens (tertiary/aromatic N) is 6. The summed E-state index contributed by atoms with van der Waals surface area (Å²) in [6.07, 6.45) is 1.78. The fraction of sp³-hybridized carbons (Fsp3) is 0.538. The lowest BCUT2D eigenvalue weighted by molar-refractivity contribution is 0.530. The molecular weight excluding hydrogens is 320 g/mol. The highest BCUT2D eigenvalue weighted by atomic mass is 79.9. The summed E-state index contributed by atoms with van der Waals surface area (Å²) in [5.74, 6) is 2.75. The minimum Gasteiger partial charge on any atom is -0.347 e. The van der Waals surface area contributed by atoms with Crippen LogP contribution in [0.25, 0.3) is 0 Å². The van der Waals surface area contributed by atoms with Gasteiger partial charge in [-0.15, -0.1) is 10.2 Å². The molecule has 2 aromatic heterocycles. The van der Waals surface area contributed by atoms with Crippen molar-refractivity contribution in [3.8, 4) is 0 Å². The number of hydrogen-bond donors (Lipinski definition) is 0. The van der Waals surface area contributed by atoms with Crippen LogP contribution in [0.5, 0.6) is 0 Å². The van der Waals surface area contributed by atoms with E-state index in [-0.39, 0.29) is 5.41 Å². The van der Waals surface area contributed by atoms with Gasteiger partial charge in [0.05, 0.1) is 6.54 Å². The van der Waals surface area contributed by atoms with Gasteiger partial charge in [-0.25, -0.2) is 9.97 Å². The summed E-state index contributed by atoms with van der Waals surface area (Å²) in [6, 6.07) is 1.96. The molecule has 106 valence electrons. The first kappa shape index (κ1) is 13.5. The van der Waals surface area contributed by atoms with E-state index in [4.69, 9.17) is 4.98 Å². The van der Waals surface area contributed by atoms with Crippen molar-refractivity contribution in [3.63, 3.8) is 0 Å². The van der Waals surface area contributed by atoms with Gasteiger partial charge in [0.1, 0.15) is 22.6 Å². The average molecular weight is 337 g/mol. The first-order chi connectivity index (χ1) is 9.43. The van der Waals surface area contributed by atoms with Crippen LogP contribution in [0.4, 0.5) is 5.82 Å². The Morgan fingerprint density at radius 2 is 2.00 bits per heavy atom. The number of fused-ring (bicyclic) bond motifs is 1. The van der Waals surface area contributed by atoms with Gasteiger partial charge in [-0.05, 0) is 15.9 Å². The average Bonchev–Trinajstić information content (AvgIpc) is 2.84. The van der Waals surface area contributed by atoms with Gasteiger partial charge >= 0.3 is 0 Å². The molecule has 1 aliphatic rings. The zero-order valence-electron chi connectivity index (χ0n) is 11.8. The Balaban J connectivity index is 1.93. The molecule has 3 heterocycles. The van der Waals surface area contributed by atoms with Gasteiger partial charge in [0.2, 0.25) is 0 Å².